The van der Waals surface area contributed by atoms with Gasteiger partial charge in [0.1, 0.15) is 11.6 Å². The van der Waals surface area contributed by atoms with Crippen LogP contribution in [0.1, 0.15) is 19.5 Å². The smallest absolute Gasteiger partial charge is 0.137 e. The molecule has 0 atom stereocenters. The van der Waals surface area contributed by atoms with Gasteiger partial charge in [0.25, 0.3) is 0 Å². The van der Waals surface area contributed by atoms with Crippen molar-refractivity contribution in [3.05, 3.63) is 36.2 Å². The van der Waals surface area contributed by atoms with Gasteiger partial charge in [-0.05, 0) is 25.6 Å². The van der Waals surface area contributed by atoms with Gasteiger partial charge in [-0.1, -0.05) is 19.1 Å². The van der Waals surface area contributed by atoms with Crippen molar-refractivity contribution >= 4 is 0 Å². The molecule has 0 spiro atoms. The number of nitrogens with one attached hydrogen (secondary N) is 2. The zero-order valence-electron chi connectivity index (χ0n) is 10.9. The van der Waals surface area contributed by atoms with Gasteiger partial charge < -0.3 is 15.0 Å². The number of nitrogens with zero attached hydrogens (tertiary/aromatic N) is 1. The predicted octanol–water partition coefficient (Wildman–Crippen LogP) is 2.58. The van der Waals surface area contributed by atoms with Crippen LogP contribution in [0.5, 0.6) is 5.75 Å². The third kappa shape index (κ3) is 3.11. The zero-order chi connectivity index (χ0) is 12.8. The Morgan fingerprint density at radius 2 is 2.22 bits per heavy atom. The topological polar surface area (TPSA) is 49.9 Å². The normalized spacial score (nSPS) is 10.6. The first-order valence-corrected chi connectivity index (χ1v) is 6.31. The maximum absolute atomic E-state index is 5.49. The number of H-pyrrole nitrogens is 1. The van der Waals surface area contributed by atoms with Crippen LogP contribution in [0.4, 0.5) is 0 Å². The van der Waals surface area contributed by atoms with E-state index in [0.29, 0.717) is 6.61 Å². The van der Waals surface area contributed by atoms with E-state index < -0.39 is 0 Å². The standard InChI is InChI=1S/C14H19N3O/c1-3-15-9-12-10-16-14(17-12)11-6-5-7-13(8-11)18-4-2/h5-8,10,15H,3-4,9H2,1-2H3,(H,16,17). The molecule has 0 aliphatic rings. The quantitative estimate of drug-likeness (QED) is 0.822. The lowest BCUT2D eigenvalue weighted by molar-refractivity contribution is 0.340. The highest BCUT2D eigenvalue weighted by Crippen LogP contribution is 2.21. The molecule has 0 aliphatic carbocycles. The predicted molar refractivity (Wildman–Crippen MR) is 72.6 cm³/mol. The molecule has 18 heavy (non-hydrogen) atoms. The highest BCUT2D eigenvalue weighted by Gasteiger charge is 2.04. The lowest BCUT2D eigenvalue weighted by Gasteiger charge is -2.04. The first kappa shape index (κ1) is 12.6. The molecule has 2 aromatic rings. The van der Waals surface area contributed by atoms with Gasteiger partial charge in [-0.3, -0.25) is 0 Å². The number of ether oxygens (including phenoxy) is 1. The summed E-state index contributed by atoms with van der Waals surface area (Å²) in [6.07, 6.45) is 1.87. The van der Waals surface area contributed by atoms with Crippen molar-refractivity contribution in [3.63, 3.8) is 0 Å². The highest BCUT2D eigenvalue weighted by atomic mass is 16.5. The Balaban J connectivity index is 2.15. The van der Waals surface area contributed by atoms with E-state index in [1.54, 1.807) is 0 Å². The van der Waals surface area contributed by atoms with Crippen molar-refractivity contribution < 1.29 is 4.74 Å². The van der Waals surface area contributed by atoms with E-state index in [1.165, 1.54) is 0 Å². The van der Waals surface area contributed by atoms with Crippen molar-refractivity contribution in [2.45, 2.75) is 20.4 Å². The maximum Gasteiger partial charge on any atom is 0.137 e. The molecule has 96 valence electrons. The van der Waals surface area contributed by atoms with Crippen LogP contribution in [0.25, 0.3) is 11.4 Å². The fourth-order valence-electron chi connectivity index (χ4n) is 1.76. The Kier molecular flexibility index (Phi) is 4.36. The number of benzene rings is 1. The molecule has 1 aromatic carbocycles. The first-order chi connectivity index (χ1) is 8.83. The van der Waals surface area contributed by atoms with Gasteiger partial charge in [0, 0.05) is 24.0 Å². The van der Waals surface area contributed by atoms with Crippen LogP contribution in [0, 0.1) is 0 Å². The van der Waals surface area contributed by atoms with Crippen molar-refractivity contribution in [1.82, 2.24) is 15.3 Å². The number of aromatic nitrogens is 2. The third-order valence-corrected chi connectivity index (χ3v) is 2.61. The van der Waals surface area contributed by atoms with Gasteiger partial charge in [-0.25, -0.2) is 4.98 Å². The second kappa shape index (κ2) is 6.21. The van der Waals surface area contributed by atoms with Crippen LogP contribution in [-0.2, 0) is 6.54 Å². The van der Waals surface area contributed by atoms with Crippen LogP contribution < -0.4 is 10.1 Å². The van der Waals surface area contributed by atoms with E-state index in [1.807, 2.05) is 37.4 Å². The molecule has 2 N–H and O–H groups in total. The minimum atomic E-state index is 0.674. The van der Waals surface area contributed by atoms with Crippen LogP contribution >= 0.6 is 0 Å². The maximum atomic E-state index is 5.49. The Morgan fingerprint density at radius 1 is 1.33 bits per heavy atom. The zero-order valence-corrected chi connectivity index (χ0v) is 10.9. The summed E-state index contributed by atoms with van der Waals surface area (Å²) in [5, 5.41) is 3.27. The average molecular weight is 245 g/mol. The summed E-state index contributed by atoms with van der Waals surface area (Å²) >= 11 is 0. The van der Waals surface area contributed by atoms with Crippen LogP contribution in [0.15, 0.2) is 30.5 Å². The van der Waals surface area contributed by atoms with Crippen LogP contribution in [0.2, 0.25) is 0 Å². The van der Waals surface area contributed by atoms with Gasteiger partial charge in [0.15, 0.2) is 0 Å². The minimum Gasteiger partial charge on any atom is -0.494 e. The second-order valence-corrected chi connectivity index (χ2v) is 4.00. The van der Waals surface area contributed by atoms with E-state index in [-0.39, 0.29) is 0 Å². The number of hydrogen-bond acceptors (Lipinski definition) is 3. The van der Waals surface area contributed by atoms with Crippen molar-refractivity contribution in [3.8, 4) is 17.1 Å². The van der Waals surface area contributed by atoms with E-state index in [0.717, 1.165) is 35.9 Å². The summed E-state index contributed by atoms with van der Waals surface area (Å²) in [5.41, 5.74) is 2.14. The molecule has 2 rings (SSSR count). The molecule has 1 aromatic heterocycles. The lowest BCUT2D eigenvalue weighted by atomic mass is 10.2. The summed E-state index contributed by atoms with van der Waals surface area (Å²) in [7, 11) is 0. The van der Waals surface area contributed by atoms with Crippen LogP contribution in [-0.4, -0.2) is 23.1 Å². The third-order valence-electron chi connectivity index (χ3n) is 2.61. The molecule has 1 heterocycles. The van der Waals surface area contributed by atoms with Gasteiger partial charge in [-0.2, -0.15) is 0 Å². The molecule has 0 amide bonds. The Morgan fingerprint density at radius 3 is 3.00 bits per heavy atom. The molecule has 4 nitrogen and oxygen atoms in total. The number of aromatic amines is 1. The van der Waals surface area contributed by atoms with E-state index in [2.05, 4.69) is 22.2 Å². The van der Waals surface area contributed by atoms with Gasteiger partial charge >= 0.3 is 0 Å². The fourth-order valence-corrected chi connectivity index (χ4v) is 1.76. The molecule has 0 unspecified atom stereocenters. The van der Waals surface area contributed by atoms with Crippen LogP contribution in [0.3, 0.4) is 0 Å². The number of rotatable bonds is 6. The average Bonchev–Trinajstić information content (AvgIpc) is 2.86. The number of imidazole rings is 1. The van der Waals surface area contributed by atoms with E-state index in [9.17, 15) is 0 Å². The number of hydrogen-bond donors (Lipinski definition) is 2. The fraction of sp³-hybridized carbons (Fsp3) is 0.357. The summed E-state index contributed by atoms with van der Waals surface area (Å²) in [6, 6.07) is 7.96. The molecular formula is C14H19N3O. The van der Waals surface area contributed by atoms with Gasteiger partial charge in [0.2, 0.25) is 0 Å². The molecular weight excluding hydrogens is 226 g/mol. The summed E-state index contributed by atoms with van der Waals surface area (Å²) in [4.78, 5) is 7.69. The SMILES string of the molecule is CCNCc1cnc(-c2cccc(OCC)c2)[nH]1. The minimum absolute atomic E-state index is 0.674. The molecule has 0 fully saturated rings. The summed E-state index contributed by atoms with van der Waals surface area (Å²) in [6.45, 7) is 6.51. The monoisotopic (exact) mass is 245 g/mol. The molecule has 0 saturated carbocycles. The largest absolute Gasteiger partial charge is 0.494 e. The summed E-state index contributed by atoms with van der Waals surface area (Å²) in [5.74, 6) is 1.75. The summed E-state index contributed by atoms with van der Waals surface area (Å²) < 4.78 is 5.49. The Hall–Kier alpha value is -1.81. The Bertz CT molecular complexity index is 493. The van der Waals surface area contributed by atoms with E-state index >= 15 is 0 Å². The molecule has 0 bridgehead atoms. The van der Waals surface area contributed by atoms with Gasteiger partial charge in [-0.15, -0.1) is 0 Å². The second-order valence-electron chi connectivity index (χ2n) is 4.00. The molecule has 4 heteroatoms. The molecule has 0 aliphatic heterocycles. The van der Waals surface area contributed by atoms with Crippen molar-refractivity contribution in [2.24, 2.45) is 0 Å². The van der Waals surface area contributed by atoms with Gasteiger partial charge in [0.05, 0.1) is 6.61 Å². The lowest BCUT2D eigenvalue weighted by Crippen LogP contribution is -2.11. The molecule has 0 saturated heterocycles. The molecule has 0 radical (unpaired) electrons. The Labute approximate surface area is 107 Å². The first-order valence-electron chi connectivity index (χ1n) is 6.31. The van der Waals surface area contributed by atoms with Crippen molar-refractivity contribution in [1.29, 1.82) is 0 Å². The van der Waals surface area contributed by atoms with E-state index in [4.69, 9.17) is 4.74 Å². The van der Waals surface area contributed by atoms with Crippen molar-refractivity contribution in [2.75, 3.05) is 13.2 Å². The highest BCUT2D eigenvalue weighted by molar-refractivity contribution is 5.57.